The van der Waals surface area contributed by atoms with E-state index in [4.69, 9.17) is 10.5 Å². The summed E-state index contributed by atoms with van der Waals surface area (Å²) in [6.07, 6.45) is 1.86. The molecule has 0 bridgehead atoms. The number of ether oxygens (including phenoxy) is 1. The number of nitrogens with two attached hydrogens (primary N) is 1. The Kier molecular flexibility index (Phi) is 7.75. The minimum atomic E-state index is -0.669. The van der Waals surface area contributed by atoms with Crippen LogP contribution in [0.15, 0.2) is 18.2 Å². The fourth-order valence-electron chi connectivity index (χ4n) is 1.83. The fourth-order valence-corrected chi connectivity index (χ4v) is 1.83. The number of hydrogen-bond donors (Lipinski definition) is 3. The zero-order chi connectivity index (χ0) is 12.8. The highest BCUT2D eigenvalue weighted by Gasteiger charge is 2.22. The number of unbranched alkanes of at least 4 members (excludes halogenated alkanes) is 1. The highest BCUT2D eigenvalue weighted by atomic mass is 35.5. The first-order valence-electron chi connectivity index (χ1n) is 5.91. The zero-order valence-electron chi connectivity index (χ0n) is 10.8. The highest BCUT2D eigenvalue weighted by molar-refractivity contribution is 5.85. The van der Waals surface area contributed by atoms with Gasteiger partial charge in [-0.1, -0.05) is 25.8 Å². The van der Waals surface area contributed by atoms with Crippen LogP contribution >= 0.6 is 12.4 Å². The number of aliphatic hydroxyl groups is 1. The molecule has 4 N–H and O–H groups in total. The van der Waals surface area contributed by atoms with E-state index in [2.05, 4.69) is 6.92 Å². The first kappa shape index (κ1) is 17.0. The predicted octanol–water partition coefficient (Wildman–Crippen LogP) is 2.37. The fraction of sp³-hybridized carbons (Fsp3) is 0.538. The molecule has 0 aromatic heterocycles. The van der Waals surface area contributed by atoms with Gasteiger partial charge < -0.3 is 20.7 Å². The Bertz CT molecular complexity index is 360. The van der Waals surface area contributed by atoms with E-state index in [9.17, 15) is 10.2 Å². The molecule has 104 valence electrons. The Morgan fingerprint density at radius 3 is 2.61 bits per heavy atom. The Balaban J connectivity index is 0.00000289. The van der Waals surface area contributed by atoms with Gasteiger partial charge in [0.15, 0.2) is 0 Å². The van der Waals surface area contributed by atoms with Crippen molar-refractivity contribution in [3.8, 4) is 11.5 Å². The molecule has 1 aromatic rings. The summed E-state index contributed by atoms with van der Waals surface area (Å²) in [6, 6.07) is 4.33. The Morgan fingerprint density at radius 2 is 2.06 bits per heavy atom. The van der Waals surface area contributed by atoms with Gasteiger partial charge in [-0.2, -0.15) is 0 Å². The van der Waals surface area contributed by atoms with Gasteiger partial charge in [-0.05, 0) is 18.6 Å². The number of halogens is 1. The smallest absolute Gasteiger partial charge is 0.127 e. The van der Waals surface area contributed by atoms with Crippen LogP contribution in [0.1, 0.15) is 37.8 Å². The van der Waals surface area contributed by atoms with Gasteiger partial charge in [-0.25, -0.2) is 0 Å². The molecule has 0 fully saturated rings. The average molecular weight is 276 g/mol. The number of benzene rings is 1. The lowest BCUT2D eigenvalue weighted by Crippen LogP contribution is -2.26. The van der Waals surface area contributed by atoms with Crippen LogP contribution in [0.3, 0.4) is 0 Å². The molecule has 5 heteroatoms. The molecule has 0 heterocycles. The van der Waals surface area contributed by atoms with Gasteiger partial charge in [0.05, 0.1) is 24.8 Å². The summed E-state index contributed by atoms with van der Waals surface area (Å²) in [5.74, 6) is 0.570. The molecule has 0 radical (unpaired) electrons. The SMILES string of the molecule is CCCC[C@@H](O)[C@@H](N)c1c(O)cccc1OC.Cl. The maximum absolute atomic E-state index is 9.95. The average Bonchev–Trinajstić information content (AvgIpc) is 2.34. The summed E-state index contributed by atoms with van der Waals surface area (Å²) < 4.78 is 5.15. The Morgan fingerprint density at radius 1 is 1.39 bits per heavy atom. The Hall–Kier alpha value is -0.970. The molecule has 4 nitrogen and oxygen atoms in total. The minimum Gasteiger partial charge on any atom is -0.507 e. The Labute approximate surface area is 114 Å². The van der Waals surface area contributed by atoms with Crippen molar-refractivity contribution in [3.63, 3.8) is 0 Å². The summed E-state index contributed by atoms with van der Waals surface area (Å²) in [6.45, 7) is 2.05. The number of aromatic hydroxyl groups is 1. The molecule has 0 unspecified atom stereocenters. The molecule has 0 saturated carbocycles. The van der Waals surface area contributed by atoms with Gasteiger partial charge in [-0.15, -0.1) is 12.4 Å². The third-order valence-corrected chi connectivity index (χ3v) is 2.86. The topological polar surface area (TPSA) is 75.7 Å². The van der Waals surface area contributed by atoms with E-state index in [1.54, 1.807) is 18.2 Å². The van der Waals surface area contributed by atoms with Crippen molar-refractivity contribution in [2.75, 3.05) is 7.11 Å². The van der Waals surface area contributed by atoms with Crippen molar-refractivity contribution in [2.45, 2.75) is 38.3 Å². The van der Waals surface area contributed by atoms with Crippen molar-refractivity contribution in [1.29, 1.82) is 0 Å². The number of methoxy groups -OCH3 is 1. The van der Waals surface area contributed by atoms with E-state index in [-0.39, 0.29) is 18.2 Å². The lowest BCUT2D eigenvalue weighted by Gasteiger charge is -2.21. The molecular formula is C13H22ClNO3. The maximum atomic E-state index is 9.95. The summed E-state index contributed by atoms with van der Waals surface area (Å²) in [5, 5.41) is 19.8. The molecule has 0 aliphatic rings. The summed E-state index contributed by atoms with van der Waals surface area (Å²) in [7, 11) is 1.52. The summed E-state index contributed by atoms with van der Waals surface area (Å²) >= 11 is 0. The number of aliphatic hydroxyl groups excluding tert-OH is 1. The van der Waals surface area contributed by atoms with Gasteiger partial charge in [0.2, 0.25) is 0 Å². The first-order valence-corrected chi connectivity index (χ1v) is 5.91. The molecule has 0 amide bonds. The number of hydrogen-bond acceptors (Lipinski definition) is 4. The molecule has 1 rings (SSSR count). The van der Waals surface area contributed by atoms with Crippen LogP contribution in [-0.4, -0.2) is 23.4 Å². The van der Waals surface area contributed by atoms with Crippen LogP contribution in [0.4, 0.5) is 0 Å². The molecule has 0 aliphatic heterocycles. The first-order chi connectivity index (χ1) is 8.11. The van der Waals surface area contributed by atoms with Crippen molar-refractivity contribution in [3.05, 3.63) is 23.8 Å². The zero-order valence-corrected chi connectivity index (χ0v) is 11.6. The highest BCUT2D eigenvalue weighted by Crippen LogP contribution is 2.34. The number of rotatable bonds is 6. The van der Waals surface area contributed by atoms with Crippen molar-refractivity contribution < 1.29 is 14.9 Å². The summed E-state index contributed by atoms with van der Waals surface area (Å²) in [4.78, 5) is 0. The lowest BCUT2D eigenvalue weighted by molar-refractivity contribution is 0.130. The monoisotopic (exact) mass is 275 g/mol. The third kappa shape index (κ3) is 4.05. The van der Waals surface area contributed by atoms with Gasteiger partial charge in [-0.3, -0.25) is 0 Å². The van der Waals surface area contributed by atoms with E-state index < -0.39 is 12.1 Å². The number of phenolic OH excluding ortho intramolecular Hbond substituents is 1. The molecule has 2 atom stereocenters. The van der Waals surface area contributed by atoms with E-state index in [0.717, 1.165) is 12.8 Å². The second-order valence-corrected chi connectivity index (χ2v) is 4.13. The van der Waals surface area contributed by atoms with Crippen LogP contribution in [0.25, 0.3) is 0 Å². The molecule has 0 spiro atoms. The second-order valence-electron chi connectivity index (χ2n) is 4.13. The predicted molar refractivity (Wildman–Crippen MR) is 74.4 cm³/mol. The minimum absolute atomic E-state index is 0. The molecule has 1 aromatic carbocycles. The van der Waals surface area contributed by atoms with Crippen LogP contribution in [-0.2, 0) is 0 Å². The van der Waals surface area contributed by atoms with Crippen molar-refractivity contribution in [2.24, 2.45) is 5.73 Å². The quantitative estimate of drug-likeness (QED) is 0.745. The van der Waals surface area contributed by atoms with Gasteiger partial charge >= 0.3 is 0 Å². The number of phenols is 1. The second kappa shape index (κ2) is 8.19. The molecule has 18 heavy (non-hydrogen) atoms. The summed E-state index contributed by atoms with van der Waals surface area (Å²) in [5.41, 5.74) is 6.44. The van der Waals surface area contributed by atoms with E-state index in [1.807, 2.05) is 0 Å². The molecular weight excluding hydrogens is 254 g/mol. The van der Waals surface area contributed by atoms with Gasteiger partial charge in [0.25, 0.3) is 0 Å². The lowest BCUT2D eigenvalue weighted by atomic mass is 9.97. The van der Waals surface area contributed by atoms with Gasteiger partial charge in [0, 0.05) is 0 Å². The van der Waals surface area contributed by atoms with Crippen LogP contribution < -0.4 is 10.5 Å². The van der Waals surface area contributed by atoms with Crippen LogP contribution in [0, 0.1) is 0 Å². The third-order valence-electron chi connectivity index (χ3n) is 2.86. The normalized spacial score (nSPS) is 13.6. The van der Waals surface area contributed by atoms with Crippen molar-refractivity contribution in [1.82, 2.24) is 0 Å². The largest absolute Gasteiger partial charge is 0.507 e. The van der Waals surface area contributed by atoms with Crippen molar-refractivity contribution >= 4 is 12.4 Å². The standard InChI is InChI=1S/C13H21NO3.ClH/c1-3-4-6-10(16)13(14)12-9(15)7-5-8-11(12)17-2;/h5,7-8,10,13,15-16H,3-4,6,14H2,1-2H3;1H/t10-,13-;/m1./s1. The van der Waals surface area contributed by atoms with E-state index in [1.165, 1.54) is 7.11 Å². The van der Waals surface area contributed by atoms with E-state index >= 15 is 0 Å². The maximum Gasteiger partial charge on any atom is 0.127 e. The molecule has 0 saturated heterocycles. The van der Waals surface area contributed by atoms with Gasteiger partial charge in [0.1, 0.15) is 11.5 Å². The molecule has 0 aliphatic carbocycles. The van der Waals surface area contributed by atoms with Crippen LogP contribution in [0.5, 0.6) is 11.5 Å². The van der Waals surface area contributed by atoms with E-state index in [0.29, 0.717) is 17.7 Å². The van der Waals surface area contributed by atoms with Crippen LogP contribution in [0.2, 0.25) is 0 Å².